The number of carbonyl (C=O) groups is 2. The molecular weight excluding hydrogens is 330 g/mol. The molecule has 0 saturated heterocycles. The van der Waals surface area contributed by atoms with Crippen LogP contribution in [0, 0.1) is 6.92 Å². The van der Waals surface area contributed by atoms with Gasteiger partial charge in [-0.15, -0.1) is 0 Å². The van der Waals surface area contributed by atoms with Gasteiger partial charge in [0.15, 0.2) is 0 Å². The molecule has 0 unspecified atom stereocenters. The van der Waals surface area contributed by atoms with Gasteiger partial charge in [-0.25, -0.2) is 4.79 Å². The summed E-state index contributed by atoms with van der Waals surface area (Å²) in [6, 6.07) is 19.8. The van der Waals surface area contributed by atoms with Crippen LogP contribution < -0.4 is 5.32 Å². The number of amides is 1. The Morgan fingerprint density at radius 3 is 2.38 bits per heavy atom. The Hall–Kier alpha value is -3.34. The van der Waals surface area contributed by atoms with Crippen molar-refractivity contribution in [3.63, 3.8) is 0 Å². The second-order valence-electron chi connectivity index (χ2n) is 5.88. The lowest BCUT2D eigenvalue weighted by Gasteiger charge is -2.17. The maximum absolute atomic E-state index is 12.7. The van der Waals surface area contributed by atoms with Crippen LogP contribution in [0.15, 0.2) is 77.4 Å². The predicted molar refractivity (Wildman–Crippen MR) is 96.3 cm³/mol. The molecule has 0 aliphatic heterocycles. The zero-order valence-corrected chi connectivity index (χ0v) is 14.3. The smallest absolute Gasteiger partial charge is 0.375 e. The number of benzene rings is 2. The average molecular weight is 349 g/mol. The van der Waals surface area contributed by atoms with Gasteiger partial charge in [0.1, 0.15) is 0 Å². The van der Waals surface area contributed by atoms with Crippen LogP contribution in [0.2, 0.25) is 0 Å². The second kappa shape index (κ2) is 8.16. The molecule has 5 nitrogen and oxygen atoms in total. The third kappa shape index (κ3) is 4.39. The maximum Gasteiger partial charge on any atom is 0.375 e. The van der Waals surface area contributed by atoms with E-state index < -0.39 is 18.0 Å². The molecule has 3 rings (SSSR count). The zero-order chi connectivity index (χ0) is 18.4. The minimum Gasteiger partial charge on any atom is -0.457 e. The van der Waals surface area contributed by atoms with Crippen LogP contribution in [0.3, 0.4) is 0 Å². The van der Waals surface area contributed by atoms with Gasteiger partial charge in [-0.2, -0.15) is 0 Å². The first-order valence-electron chi connectivity index (χ1n) is 8.26. The summed E-state index contributed by atoms with van der Waals surface area (Å²) in [6.45, 7) is 2.35. The van der Waals surface area contributed by atoms with Gasteiger partial charge < -0.3 is 14.5 Å². The lowest BCUT2D eigenvalue weighted by Crippen LogP contribution is -2.31. The molecule has 3 aromatic rings. The van der Waals surface area contributed by atoms with Crippen molar-refractivity contribution >= 4 is 11.9 Å². The molecule has 5 heteroatoms. The molecule has 1 aromatic heterocycles. The van der Waals surface area contributed by atoms with E-state index in [9.17, 15) is 9.59 Å². The number of nitrogens with one attached hydrogen (secondary N) is 1. The van der Waals surface area contributed by atoms with Crippen molar-refractivity contribution in [1.29, 1.82) is 0 Å². The normalized spacial score (nSPS) is 11.6. The monoisotopic (exact) mass is 349 g/mol. The number of aryl methyl sites for hydroxylation is 1. The van der Waals surface area contributed by atoms with Gasteiger partial charge in [0.25, 0.3) is 5.91 Å². The molecule has 0 aliphatic carbocycles. The molecule has 1 amide bonds. The summed E-state index contributed by atoms with van der Waals surface area (Å²) < 4.78 is 10.5. The molecule has 0 radical (unpaired) electrons. The number of hydrogen-bond donors (Lipinski definition) is 1. The topological polar surface area (TPSA) is 68.5 Å². The molecule has 1 heterocycles. The fourth-order valence-electron chi connectivity index (χ4n) is 2.45. The first kappa shape index (κ1) is 17.5. The fourth-order valence-corrected chi connectivity index (χ4v) is 2.45. The summed E-state index contributed by atoms with van der Waals surface area (Å²) in [6.07, 6.45) is 0.324. The molecule has 1 N–H and O–H groups in total. The van der Waals surface area contributed by atoms with E-state index in [0.29, 0.717) is 12.1 Å². The van der Waals surface area contributed by atoms with Crippen molar-refractivity contribution in [1.82, 2.24) is 5.32 Å². The number of rotatable bonds is 6. The van der Waals surface area contributed by atoms with Gasteiger partial charge in [-0.1, -0.05) is 60.2 Å². The first-order chi connectivity index (χ1) is 12.6. The van der Waals surface area contributed by atoms with Gasteiger partial charge in [0.05, 0.1) is 6.26 Å². The van der Waals surface area contributed by atoms with Crippen LogP contribution in [0.25, 0.3) is 0 Å². The van der Waals surface area contributed by atoms with Crippen LogP contribution in [-0.2, 0) is 16.1 Å². The highest BCUT2D eigenvalue weighted by Gasteiger charge is 2.26. The number of ether oxygens (including phenoxy) is 1. The molecule has 132 valence electrons. The summed E-state index contributed by atoms with van der Waals surface area (Å²) in [5.41, 5.74) is 2.71. The Morgan fingerprint density at radius 1 is 1.00 bits per heavy atom. The molecular formula is C21H19NO4. The summed E-state index contributed by atoms with van der Waals surface area (Å²) in [5, 5.41) is 2.82. The van der Waals surface area contributed by atoms with Crippen molar-refractivity contribution in [2.45, 2.75) is 19.6 Å². The molecule has 0 bridgehead atoms. The highest BCUT2D eigenvalue weighted by molar-refractivity contribution is 5.90. The second-order valence-corrected chi connectivity index (χ2v) is 5.88. The van der Waals surface area contributed by atoms with Crippen molar-refractivity contribution < 1.29 is 18.7 Å². The average Bonchev–Trinajstić information content (AvgIpc) is 3.21. The highest BCUT2D eigenvalue weighted by Crippen LogP contribution is 2.20. The zero-order valence-electron chi connectivity index (χ0n) is 14.3. The van der Waals surface area contributed by atoms with Crippen LogP contribution >= 0.6 is 0 Å². The van der Waals surface area contributed by atoms with Crippen molar-refractivity contribution in [2.24, 2.45) is 0 Å². The SMILES string of the molecule is Cc1ccc(CNC(=O)[C@H](OC(=O)c2ccco2)c2ccccc2)cc1. The van der Waals surface area contributed by atoms with Crippen molar-refractivity contribution in [3.05, 3.63) is 95.4 Å². The predicted octanol–water partition coefficient (Wildman–Crippen LogP) is 3.80. The standard InChI is InChI=1S/C21H19NO4/c1-15-9-11-16(12-10-15)14-22-20(23)19(17-6-3-2-4-7-17)26-21(24)18-8-5-13-25-18/h2-13,19H,14H2,1H3,(H,22,23)/t19-/m1/s1. The summed E-state index contributed by atoms with van der Waals surface area (Å²) in [5.74, 6) is -1.02. The van der Waals surface area contributed by atoms with Crippen molar-refractivity contribution in [2.75, 3.05) is 0 Å². The van der Waals surface area contributed by atoms with E-state index in [1.54, 1.807) is 30.3 Å². The van der Waals surface area contributed by atoms with E-state index in [-0.39, 0.29) is 5.76 Å². The summed E-state index contributed by atoms with van der Waals surface area (Å²) in [7, 11) is 0. The van der Waals surface area contributed by atoms with E-state index in [2.05, 4.69) is 5.32 Å². The van der Waals surface area contributed by atoms with E-state index >= 15 is 0 Å². The van der Waals surface area contributed by atoms with E-state index in [1.165, 1.54) is 12.3 Å². The molecule has 0 aliphatic rings. The van der Waals surface area contributed by atoms with Gasteiger partial charge in [-0.3, -0.25) is 4.79 Å². The van der Waals surface area contributed by atoms with Gasteiger partial charge in [-0.05, 0) is 24.6 Å². The quantitative estimate of drug-likeness (QED) is 0.687. The van der Waals surface area contributed by atoms with Gasteiger partial charge >= 0.3 is 5.97 Å². The molecule has 1 atom stereocenters. The Morgan fingerprint density at radius 2 is 1.73 bits per heavy atom. The third-order valence-corrected chi connectivity index (χ3v) is 3.88. The molecule has 0 spiro atoms. The van der Waals surface area contributed by atoms with Crippen molar-refractivity contribution in [3.8, 4) is 0 Å². The Balaban J connectivity index is 1.73. The minimum atomic E-state index is -1.06. The number of hydrogen-bond acceptors (Lipinski definition) is 4. The Labute approximate surface area is 151 Å². The van der Waals surface area contributed by atoms with E-state index in [0.717, 1.165) is 11.1 Å². The van der Waals surface area contributed by atoms with Crippen LogP contribution in [0.5, 0.6) is 0 Å². The summed E-state index contributed by atoms with van der Waals surface area (Å²) in [4.78, 5) is 24.9. The fraction of sp³-hybridized carbons (Fsp3) is 0.143. The van der Waals surface area contributed by atoms with Gasteiger partial charge in [0.2, 0.25) is 11.9 Å². The molecule has 0 saturated carbocycles. The lowest BCUT2D eigenvalue weighted by atomic mass is 10.1. The Kier molecular flexibility index (Phi) is 5.49. The van der Waals surface area contributed by atoms with Crippen LogP contribution in [0.4, 0.5) is 0 Å². The largest absolute Gasteiger partial charge is 0.457 e. The number of carbonyl (C=O) groups excluding carboxylic acids is 2. The molecule has 26 heavy (non-hydrogen) atoms. The summed E-state index contributed by atoms with van der Waals surface area (Å²) >= 11 is 0. The van der Waals surface area contributed by atoms with E-state index in [1.807, 2.05) is 37.3 Å². The third-order valence-electron chi connectivity index (χ3n) is 3.88. The van der Waals surface area contributed by atoms with E-state index in [4.69, 9.17) is 9.15 Å². The van der Waals surface area contributed by atoms with Gasteiger partial charge in [0, 0.05) is 12.1 Å². The number of esters is 1. The van der Waals surface area contributed by atoms with Crippen LogP contribution in [-0.4, -0.2) is 11.9 Å². The Bertz CT molecular complexity index is 855. The first-order valence-corrected chi connectivity index (χ1v) is 8.26. The maximum atomic E-state index is 12.7. The lowest BCUT2D eigenvalue weighted by molar-refractivity contribution is -0.130. The highest BCUT2D eigenvalue weighted by atomic mass is 16.6. The molecule has 2 aromatic carbocycles. The van der Waals surface area contributed by atoms with Crippen LogP contribution in [0.1, 0.15) is 33.3 Å². The molecule has 0 fully saturated rings. The minimum absolute atomic E-state index is 0.0530. The number of furan rings is 1.